The Hall–Kier alpha value is -1.61. The van der Waals surface area contributed by atoms with E-state index in [0.29, 0.717) is 28.7 Å². The SMILES string of the molecule is COc1cc(C(=O)N2CCN(S(=O)(=O)c3ccc(Cl)s3)CC2)ccc1C. The molecule has 1 aliphatic heterocycles. The van der Waals surface area contributed by atoms with E-state index in [-0.39, 0.29) is 23.2 Å². The molecule has 1 aromatic carbocycles. The molecule has 0 atom stereocenters. The van der Waals surface area contributed by atoms with Crippen LogP contribution in [0.25, 0.3) is 0 Å². The van der Waals surface area contributed by atoms with Crippen LogP contribution in [0.3, 0.4) is 0 Å². The van der Waals surface area contributed by atoms with Crippen molar-refractivity contribution in [2.75, 3.05) is 33.3 Å². The lowest BCUT2D eigenvalue weighted by molar-refractivity contribution is 0.0697. The van der Waals surface area contributed by atoms with E-state index < -0.39 is 10.0 Å². The van der Waals surface area contributed by atoms with E-state index in [1.54, 1.807) is 30.2 Å². The number of benzene rings is 1. The average Bonchev–Trinajstić information content (AvgIpc) is 3.09. The van der Waals surface area contributed by atoms with Crippen molar-refractivity contribution in [3.05, 3.63) is 45.8 Å². The summed E-state index contributed by atoms with van der Waals surface area (Å²) in [6, 6.07) is 8.40. The van der Waals surface area contributed by atoms with Crippen molar-refractivity contribution in [1.29, 1.82) is 0 Å². The molecule has 0 bridgehead atoms. The molecule has 0 saturated carbocycles. The van der Waals surface area contributed by atoms with Crippen molar-refractivity contribution in [2.45, 2.75) is 11.1 Å². The van der Waals surface area contributed by atoms with Crippen molar-refractivity contribution >= 4 is 38.9 Å². The maximum Gasteiger partial charge on any atom is 0.254 e. The van der Waals surface area contributed by atoms with E-state index in [1.165, 1.54) is 10.4 Å². The minimum absolute atomic E-state index is 0.125. The molecule has 2 heterocycles. The molecule has 6 nitrogen and oxygen atoms in total. The third-order valence-electron chi connectivity index (χ3n) is 4.32. The molecule has 0 aliphatic carbocycles. The van der Waals surface area contributed by atoms with Gasteiger partial charge in [-0.1, -0.05) is 17.7 Å². The molecule has 1 fully saturated rings. The lowest BCUT2D eigenvalue weighted by Crippen LogP contribution is -2.50. The fraction of sp³-hybridized carbons (Fsp3) is 0.353. The van der Waals surface area contributed by atoms with Crippen LogP contribution in [0.1, 0.15) is 15.9 Å². The fourth-order valence-electron chi connectivity index (χ4n) is 2.83. The minimum atomic E-state index is -3.56. The van der Waals surface area contributed by atoms with Crippen LogP contribution < -0.4 is 4.74 Å². The monoisotopic (exact) mass is 414 g/mol. The second kappa shape index (κ2) is 7.56. The molecule has 0 radical (unpaired) electrons. The number of methoxy groups -OCH3 is 1. The molecule has 9 heteroatoms. The lowest BCUT2D eigenvalue weighted by Gasteiger charge is -2.33. The van der Waals surface area contributed by atoms with Gasteiger partial charge in [-0.2, -0.15) is 4.31 Å². The van der Waals surface area contributed by atoms with Crippen LogP contribution >= 0.6 is 22.9 Å². The second-order valence-corrected chi connectivity index (χ2v) is 9.82. The Bertz CT molecular complexity index is 919. The number of ether oxygens (including phenoxy) is 1. The van der Waals surface area contributed by atoms with E-state index in [4.69, 9.17) is 16.3 Å². The molecule has 0 spiro atoms. The van der Waals surface area contributed by atoms with Crippen LogP contribution in [-0.4, -0.2) is 56.8 Å². The molecule has 1 aliphatic rings. The third-order valence-corrected chi connectivity index (χ3v) is 7.92. The molecule has 1 amide bonds. The van der Waals surface area contributed by atoms with Gasteiger partial charge in [0, 0.05) is 31.7 Å². The van der Waals surface area contributed by atoms with Crippen molar-refractivity contribution in [2.24, 2.45) is 0 Å². The number of hydrogen-bond acceptors (Lipinski definition) is 5. The largest absolute Gasteiger partial charge is 0.496 e. The Labute approximate surface area is 162 Å². The normalized spacial score (nSPS) is 15.9. The summed E-state index contributed by atoms with van der Waals surface area (Å²) in [7, 11) is -2.00. The third kappa shape index (κ3) is 3.73. The minimum Gasteiger partial charge on any atom is -0.496 e. The van der Waals surface area contributed by atoms with Crippen molar-refractivity contribution in [3.63, 3.8) is 0 Å². The van der Waals surface area contributed by atoms with Crippen LogP contribution in [0.2, 0.25) is 4.34 Å². The number of carbonyl (C=O) groups is 1. The zero-order valence-electron chi connectivity index (χ0n) is 14.4. The van der Waals surface area contributed by atoms with Gasteiger partial charge in [0.05, 0.1) is 11.4 Å². The van der Waals surface area contributed by atoms with Gasteiger partial charge in [0.15, 0.2) is 0 Å². The molecular formula is C17H19ClN2O4S2. The molecular weight excluding hydrogens is 396 g/mol. The Kier molecular flexibility index (Phi) is 5.57. The predicted octanol–water partition coefficient (Wildman–Crippen LogP) is 2.87. The van der Waals surface area contributed by atoms with Crippen molar-refractivity contribution in [3.8, 4) is 5.75 Å². The Morgan fingerprint density at radius 3 is 2.42 bits per heavy atom. The first-order valence-electron chi connectivity index (χ1n) is 8.02. The van der Waals surface area contributed by atoms with Gasteiger partial charge in [0.25, 0.3) is 15.9 Å². The van der Waals surface area contributed by atoms with Crippen LogP contribution in [-0.2, 0) is 10.0 Å². The number of nitrogens with zero attached hydrogens (tertiary/aromatic N) is 2. The van der Waals surface area contributed by atoms with Crippen molar-refractivity contribution in [1.82, 2.24) is 9.21 Å². The number of amides is 1. The van der Waals surface area contributed by atoms with E-state index in [1.807, 2.05) is 13.0 Å². The molecule has 1 aromatic heterocycles. The summed E-state index contributed by atoms with van der Waals surface area (Å²) < 4.78 is 32.6. The Balaban J connectivity index is 1.69. The number of halogens is 1. The first kappa shape index (κ1) is 19.2. The number of sulfonamides is 1. The molecule has 2 aromatic rings. The summed E-state index contributed by atoms with van der Waals surface area (Å²) >= 11 is 6.89. The maximum absolute atomic E-state index is 12.7. The molecule has 26 heavy (non-hydrogen) atoms. The first-order valence-corrected chi connectivity index (χ1v) is 10.7. The highest BCUT2D eigenvalue weighted by Crippen LogP contribution is 2.29. The summed E-state index contributed by atoms with van der Waals surface area (Å²) in [6.45, 7) is 3.10. The predicted molar refractivity (Wildman–Crippen MR) is 102 cm³/mol. The molecule has 1 saturated heterocycles. The standard InChI is InChI=1S/C17H19ClN2O4S2/c1-12-3-4-13(11-14(12)24-2)17(21)19-7-9-20(10-8-19)26(22,23)16-6-5-15(18)25-16/h3-6,11H,7-10H2,1-2H3. The van der Waals surface area contributed by atoms with Gasteiger partial charge < -0.3 is 9.64 Å². The number of hydrogen-bond donors (Lipinski definition) is 0. The van der Waals surface area contributed by atoms with Gasteiger partial charge in [-0.15, -0.1) is 11.3 Å². The van der Waals surface area contributed by atoms with Gasteiger partial charge in [-0.3, -0.25) is 4.79 Å². The zero-order valence-corrected chi connectivity index (χ0v) is 16.8. The molecule has 0 unspecified atom stereocenters. The molecule has 0 N–H and O–H groups in total. The second-order valence-electron chi connectivity index (χ2n) is 5.94. The van der Waals surface area contributed by atoms with Gasteiger partial charge in [0.2, 0.25) is 0 Å². The van der Waals surface area contributed by atoms with E-state index in [9.17, 15) is 13.2 Å². The van der Waals surface area contributed by atoms with Crippen LogP contribution in [0, 0.1) is 6.92 Å². The zero-order chi connectivity index (χ0) is 18.9. The quantitative estimate of drug-likeness (QED) is 0.771. The van der Waals surface area contributed by atoms with E-state index >= 15 is 0 Å². The Morgan fingerprint density at radius 1 is 1.15 bits per heavy atom. The first-order chi connectivity index (χ1) is 12.3. The number of carbonyl (C=O) groups excluding carboxylic acids is 1. The van der Waals surface area contributed by atoms with Crippen LogP contribution in [0.5, 0.6) is 5.75 Å². The van der Waals surface area contributed by atoms with Gasteiger partial charge in [0.1, 0.15) is 9.96 Å². The van der Waals surface area contributed by atoms with Gasteiger partial charge in [-0.25, -0.2) is 8.42 Å². The number of aryl methyl sites for hydroxylation is 1. The topological polar surface area (TPSA) is 66.9 Å². The van der Waals surface area contributed by atoms with Crippen LogP contribution in [0.4, 0.5) is 0 Å². The summed E-state index contributed by atoms with van der Waals surface area (Å²) in [5.41, 5.74) is 1.49. The summed E-state index contributed by atoms with van der Waals surface area (Å²) in [4.78, 5) is 14.4. The lowest BCUT2D eigenvalue weighted by atomic mass is 10.1. The summed E-state index contributed by atoms with van der Waals surface area (Å²) in [6.07, 6.45) is 0. The Morgan fingerprint density at radius 2 is 1.85 bits per heavy atom. The fourth-order valence-corrected chi connectivity index (χ4v) is 5.89. The highest BCUT2D eigenvalue weighted by Gasteiger charge is 2.31. The van der Waals surface area contributed by atoms with Crippen molar-refractivity contribution < 1.29 is 17.9 Å². The average molecular weight is 415 g/mol. The molecule has 140 valence electrons. The number of piperazine rings is 1. The highest BCUT2D eigenvalue weighted by atomic mass is 35.5. The van der Waals surface area contributed by atoms with Crippen LogP contribution in [0.15, 0.2) is 34.5 Å². The maximum atomic E-state index is 12.7. The summed E-state index contributed by atoms with van der Waals surface area (Å²) in [5, 5.41) is 0. The van der Waals surface area contributed by atoms with E-state index in [0.717, 1.165) is 16.9 Å². The molecule has 3 rings (SSSR count). The van der Waals surface area contributed by atoms with E-state index in [2.05, 4.69) is 0 Å². The highest BCUT2D eigenvalue weighted by molar-refractivity contribution is 7.91. The smallest absolute Gasteiger partial charge is 0.254 e. The van der Waals surface area contributed by atoms with Gasteiger partial charge in [-0.05, 0) is 36.8 Å². The van der Waals surface area contributed by atoms with Gasteiger partial charge >= 0.3 is 0 Å². The number of thiophene rings is 1. The summed E-state index contributed by atoms with van der Waals surface area (Å²) in [5.74, 6) is 0.533. The number of rotatable bonds is 4.